The van der Waals surface area contributed by atoms with Crippen molar-refractivity contribution in [1.82, 2.24) is 14.5 Å². The number of carbonyl (C=O) groups excluding carboxylic acids is 1. The minimum Gasteiger partial charge on any atom is -0.295 e. The maximum absolute atomic E-state index is 12.5. The van der Waals surface area contributed by atoms with E-state index in [1.807, 2.05) is 36.5 Å². The van der Waals surface area contributed by atoms with E-state index in [0.717, 1.165) is 11.1 Å². The molecule has 6 nitrogen and oxygen atoms in total. The Morgan fingerprint density at radius 3 is 2.35 bits per heavy atom. The van der Waals surface area contributed by atoms with Crippen LogP contribution in [0.2, 0.25) is 0 Å². The number of Topliss-reactive ketones (excluding diaryl/α,β-unsaturated/α-hetero) is 1. The summed E-state index contributed by atoms with van der Waals surface area (Å²) < 4.78 is 29.4. The highest BCUT2D eigenvalue weighted by Crippen LogP contribution is 2.14. The molecule has 0 aliphatic heterocycles. The Bertz CT molecular complexity index is 995. The summed E-state index contributed by atoms with van der Waals surface area (Å²) in [6.07, 6.45) is 3.56. The van der Waals surface area contributed by atoms with Gasteiger partial charge < -0.3 is 0 Å². The van der Waals surface area contributed by atoms with Crippen molar-refractivity contribution < 1.29 is 13.2 Å². The molecule has 134 valence electrons. The summed E-state index contributed by atoms with van der Waals surface area (Å²) in [5, 5.41) is 4.18. The van der Waals surface area contributed by atoms with Gasteiger partial charge in [-0.2, -0.15) is 5.10 Å². The molecule has 0 unspecified atom stereocenters. The summed E-state index contributed by atoms with van der Waals surface area (Å²) >= 11 is 0. The van der Waals surface area contributed by atoms with Crippen molar-refractivity contribution in [1.29, 1.82) is 0 Å². The van der Waals surface area contributed by atoms with Gasteiger partial charge in [-0.25, -0.2) is 13.1 Å². The SMILES string of the molecule is CC(=O)c1ccc(S(=O)(=O)NCc2ccccc2Cn2cccn2)cc1. The van der Waals surface area contributed by atoms with Crippen LogP contribution < -0.4 is 4.72 Å². The average Bonchev–Trinajstić information content (AvgIpc) is 3.14. The maximum atomic E-state index is 12.5. The third-order valence-corrected chi connectivity index (χ3v) is 5.45. The van der Waals surface area contributed by atoms with Gasteiger partial charge in [-0.15, -0.1) is 0 Å². The van der Waals surface area contributed by atoms with Crippen molar-refractivity contribution in [3.8, 4) is 0 Å². The van der Waals surface area contributed by atoms with E-state index in [0.29, 0.717) is 12.1 Å². The van der Waals surface area contributed by atoms with Crippen molar-refractivity contribution in [2.24, 2.45) is 0 Å². The summed E-state index contributed by atoms with van der Waals surface area (Å²) in [5.74, 6) is -0.102. The van der Waals surface area contributed by atoms with Crippen molar-refractivity contribution in [2.75, 3.05) is 0 Å². The fraction of sp³-hybridized carbons (Fsp3) is 0.158. The quantitative estimate of drug-likeness (QED) is 0.649. The van der Waals surface area contributed by atoms with Crippen molar-refractivity contribution in [2.45, 2.75) is 24.9 Å². The van der Waals surface area contributed by atoms with Crippen LogP contribution in [0.15, 0.2) is 71.9 Å². The van der Waals surface area contributed by atoms with Gasteiger partial charge in [0.05, 0.1) is 11.4 Å². The highest BCUT2D eigenvalue weighted by molar-refractivity contribution is 7.89. The Morgan fingerprint density at radius 2 is 1.73 bits per heavy atom. The van der Waals surface area contributed by atoms with E-state index in [2.05, 4.69) is 9.82 Å². The summed E-state index contributed by atoms with van der Waals surface area (Å²) in [6, 6.07) is 15.4. The van der Waals surface area contributed by atoms with Crippen LogP contribution in [-0.4, -0.2) is 24.0 Å². The van der Waals surface area contributed by atoms with Gasteiger partial charge in [0.15, 0.2) is 5.78 Å². The summed E-state index contributed by atoms with van der Waals surface area (Å²) in [6.45, 7) is 2.19. The second-order valence-electron chi connectivity index (χ2n) is 5.88. The largest absolute Gasteiger partial charge is 0.295 e. The Kier molecular flexibility index (Phi) is 5.29. The third-order valence-electron chi connectivity index (χ3n) is 4.03. The van der Waals surface area contributed by atoms with Gasteiger partial charge in [0, 0.05) is 24.5 Å². The zero-order chi connectivity index (χ0) is 18.6. The molecule has 3 rings (SSSR count). The number of sulfonamides is 1. The number of rotatable bonds is 7. The smallest absolute Gasteiger partial charge is 0.240 e. The first-order valence-corrected chi connectivity index (χ1v) is 9.59. The lowest BCUT2D eigenvalue weighted by atomic mass is 10.1. The van der Waals surface area contributed by atoms with Crippen LogP contribution in [-0.2, 0) is 23.1 Å². The second-order valence-corrected chi connectivity index (χ2v) is 7.64. The summed E-state index contributed by atoms with van der Waals surface area (Å²) in [7, 11) is -3.66. The Hall–Kier alpha value is -2.77. The predicted molar refractivity (Wildman–Crippen MR) is 98.2 cm³/mol. The highest BCUT2D eigenvalue weighted by atomic mass is 32.2. The van der Waals surface area contributed by atoms with Crippen LogP contribution in [0, 0.1) is 0 Å². The number of hydrogen-bond donors (Lipinski definition) is 1. The molecule has 0 bridgehead atoms. The minimum absolute atomic E-state index is 0.102. The van der Waals surface area contributed by atoms with Crippen molar-refractivity contribution in [3.63, 3.8) is 0 Å². The van der Waals surface area contributed by atoms with Gasteiger partial charge in [-0.3, -0.25) is 9.48 Å². The van der Waals surface area contributed by atoms with E-state index < -0.39 is 10.0 Å². The lowest BCUT2D eigenvalue weighted by Gasteiger charge is -2.11. The zero-order valence-corrected chi connectivity index (χ0v) is 15.1. The van der Waals surface area contributed by atoms with Crippen LogP contribution in [0.4, 0.5) is 0 Å². The van der Waals surface area contributed by atoms with E-state index in [-0.39, 0.29) is 17.2 Å². The molecule has 3 aromatic rings. The number of nitrogens with one attached hydrogen (secondary N) is 1. The van der Waals surface area contributed by atoms with Crippen LogP contribution in [0.1, 0.15) is 28.4 Å². The van der Waals surface area contributed by atoms with Gasteiger partial charge in [-0.05, 0) is 36.2 Å². The molecule has 0 amide bonds. The molecule has 0 radical (unpaired) electrons. The first-order valence-electron chi connectivity index (χ1n) is 8.10. The molecule has 0 saturated carbocycles. The van der Waals surface area contributed by atoms with E-state index in [1.165, 1.54) is 31.2 Å². The molecule has 1 aromatic heterocycles. The number of ketones is 1. The number of nitrogens with zero attached hydrogens (tertiary/aromatic N) is 2. The van der Waals surface area contributed by atoms with E-state index in [9.17, 15) is 13.2 Å². The monoisotopic (exact) mass is 369 g/mol. The summed E-state index contributed by atoms with van der Waals surface area (Å²) in [4.78, 5) is 11.4. The summed E-state index contributed by atoms with van der Waals surface area (Å²) in [5.41, 5.74) is 2.35. The third kappa shape index (κ3) is 4.25. The van der Waals surface area contributed by atoms with Gasteiger partial charge >= 0.3 is 0 Å². The molecule has 2 aromatic carbocycles. The maximum Gasteiger partial charge on any atom is 0.240 e. The standard InChI is InChI=1S/C19H19N3O3S/c1-15(23)16-7-9-19(10-8-16)26(24,25)21-13-17-5-2-3-6-18(17)14-22-12-4-11-20-22/h2-12,21H,13-14H2,1H3. The molecule has 0 aliphatic carbocycles. The van der Waals surface area contributed by atoms with Crippen LogP contribution >= 0.6 is 0 Å². The lowest BCUT2D eigenvalue weighted by molar-refractivity contribution is 0.101. The molecule has 0 atom stereocenters. The van der Waals surface area contributed by atoms with Crippen molar-refractivity contribution in [3.05, 3.63) is 83.7 Å². The molecule has 0 aliphatic rings. The molecular formula is C19H19N3O3S. The fourth-order valence-electron chi connectivity index (χ4n) is 2.58. The number of carbonyl (C=O) groups is 1. The predicted octanol–water partition coefficient (Wildman–Crippen LogP) is 2.61. The van der Waals surface area contributed by atoms with E-state index >= 15 is 0 Å². The molecule has 7 heteroatoms. The number of hydrogen-bond acceptors (Lipinski definition) is 4. The van der Waals surface area contributed by atoms with Gasteiger partial charge in [0.1, 0.15) is 0 Å². The van der Waals surface area contributed by atoms with Gasteiger partial charge in [-0.1, -0.05) is 36.4 Å². The average molecular weight is 369 g/mol. The van der Waals surface area contributed by atoms with Crippen LogP contribution in [0.5, 0.6) is 0 Å². The topological polar surface area (TPSA) is 81.1 Å². The number of aromatic nitrogens is 2. The lowest BCUT2D eigenvalue weighted by Crippen LogP contribution is -2.24. The van der Waals surface area contributed by atoms with Crippen molar-refractivity contribution >= 4 is 15.8 Å². The molecule has 0 saturated heterocycles. The normalized spacial score (nSPS) is 11.4. The fourth-order valence-corrected chi connectivity index (χ4v) is 3.58. The first kappa shape index (κ1) is 18.0. The minimum atomic E-state index is -3.66. The Labute approximate surface area is 152 Å². The Balaban J connectivity index is 1.74. The number of benzene rings is 2. The van der Waals surface area contributed by atoms with Gasteiger partial charge in [0.2, 0.25) is 10.0 Å². The molecule has 0 fully saturated rings. The Morgan fingerprint density at radius 1 is 1.04 bits per heavy atom. The molecule has 1 N–H and O–H groups in total. The highest BCUT2D eigenvalue weighted by Gasteiger charge is 2.15. The molecule has 0 spiro atoms. The van der Waals surface area contributed by atoms with Crippen LogP contribution in [0.25, 0.3) is 0 Å². The van der Waals surface area contributed by atoms with E-state index in [4.69, 9.17) is 0 Å². The molecular weight excluding hydrogens is 350 g/mol. The zero-order valence-electron chi connectivity index (χ0n) is 14.3. The first-order chi connectivity index (χ1) is 12.5. The van der Waals surface area contributed by atoms with E-state index in [1.54, 1.807) is 10.9 Å². The molecule has 26 heavy (non-hydrogen) atoms. The second kappa shape index (κ2) is 7.63. The van der Waals surface area contributed by atoms with Gasteiger partial charge in [0.25, 0.3) is 0 Å². The molecule has 1 heterocycles. The van der Waals surface area contributed by atoms with Crippen LogP contribution in [0.3, 0.4) is 0 Å².